The maximum Gasteiger partial charge on any atom is 0.323 e. The first-order valence-corrected chi connectivity index (χ1v) is 15.9. The predicted octanol–water partition coefficient (Wildman–Crippen LogP) is 2.49. The number of carbonyl (C=O) groups is 3. The van der Waals surface area contributed by atoms with Gasteiger partial charge in [-0.3, -0.25) is 23.8 Å². The zero-order chi connectivity index (χ0) is 34.5. The van der Waals surface area contributed by atoms with Crippen LogP contribution in [0.2, 0.25) is 0 Å². The molecule has 0 fully saturated rings. The summed E-state index contributed by atoms with van der Waals surface area (Å²) in [6.45, 7) is 7.25. The van der Waals surface area contributed by atoms with Crippen molar-refractivity contribution in [3.63, 3.8) is 0 Å². The van der Waals surface area contributed by atoms with Crippen LogP contribution in [0.4, 0.5) is 0 Å². The molecule has 3 rings (SSSR count). The van der Waals surface area contributed by atoms with Crippen LogP contribution in [-0.2, 0) is 19.1 Å². The molecule has 6 N–H and O–H groups in total. The Kier molecular flexibility index (Phi) is 13.7. The minimum atomic E-state index is -0.709. The summed E-state index contributed by atoms with van der Waals surface area (Å²) in [7, 11) is 1.48. The molecule has 0 saturated carbocycles. The molecule has 1 amide bonds. The fourth-order valence-electron chi connectivity index (χ4n) is 4.49. The van der Waals surface area contributed by atoms with Crippen molar-refractivity contribution in [3.05, 3.63) is 106 Å². The molecular weight excluding hydrogens is 623 g/mol. The van der Waals surface area contributed by atoms with Crippen LogP contribution >= 0.6 is 8.73 Å². The Morgan fingerprint density at radius 3 is 2.02 bits per heavy atom. The van der Waals surface area contributed by atoms with Gasteiger partial charge in [0.1, 0.15) is 23.4 Å². The molecule has 0 aliphatic carbocycles. The van der Waals surface area contributed by atoms with Gasteiger partial charge in [-0.25, -0.2) is 4.98 Å². The second-order valence-corrected chi connectivity index (χ2v) is 11.5. The molecule has 0 saturated heterocycles. The van der Waals surface area contributed by atoms with Crippen molar-refractivity contribution in [3.8, 4) is 5.75 Å². The number of aromatic nitrogens is 2. The van der Waals surface area contributed by atoms with E-state index in [0.29, 0.717) is 11.3 Å². The van der Waals surface area contributed by atoms with Crippen LogP contribution in [0.3, 0.4) is 0 Å². The number of methoxy groups -OCH3 is 1. The zero-order valence-corrected chi connectivity index (χ0v) is 28.0. The van der Waals surface area contributed by atoms with Crippen molar-refractivity contribution in [2.24, 2.45) is 11.5 Å². The van der Waals surface area contributed by atoms with Gasteiger partial charge in [-0.2, -0.15) is 0 Å². The third kappa shape index (κ3) is 9.74. The van der Waals surface area contributed by atoms with Gasteiger partial charge in [0.25, 0.3) is 11.5 Å². The highest BCUT2D eigenvalue weighted by Crippen LogP contribution is 2.29. The first kappa shape index (κ1) is 36.5. The van der Waals surface area contributed by atoms with E-state index in [1.165, 1.54) is 18.4 Å². The number of hydrogen-bond donors (Lipinski definition) is 4. The van der Waals surface area contributed by atoms with Crippen molar-refractivity contribution in [1.29, 1.82) is 0 Å². The largest absolute Gasteiger partial charge is 0.497 e. The van der Waals surface area contributed by atoms with Gasteiger partial charge in [0.2, 0.25) is 0 Å². The van der Waals surface area contributed by atoms with E-state index >= 15 is 0 Å². The highest BCUT2D eigenvalue weighted by molar-refractivity contribution is 7.44. The normalized spacial score (nSPS) is 13.8. The van der Waals surface area contributed by atoms with Gasteiger partial charge in [-0.1, -0.05) is 36.4 Å². The highest BCUT2D eigenvalue weighted by atomic mass is 31.1. The van der Waals surface area contributed by atoms with Gasteiger partial charge in [0.15, 0.2) is 5.82 Å². The van der Waals surface area contributed by atoms with Gasteiger partial charge in [-0.15, -0.1) is 0 Å². The standard InChI is InChI=1S/C33H41N6O7P/c1-6-45-32(42)20(3)39(21(4)33(43)46-7-2)47-25-16-12-23(13-17-25)28(22-10-14-24(44-5)15-11-22)37-30(40)26-19-36-29(38-31(26)41)27(35)9-8-18-34/h8-21,28,47H,6-7,34-35H2,1-5H3,(H,37,40)(H,36,38,41)/b18-8-,27-9-. The predicted molar refractivity (Wildman–Crippen MR) is 181 cm³/mol. The SMILES string of the molecule is CCOC(=O)C(C)N(Pc1ccc(C(NC(=O)c2cnc(/C(N)=C/C=C\N)[nH]c2=O)c2ccc(OC)cc2)cc1)C(C)C(=O)OCC. The fraction of sp³-hybridized carbons (Fsp3) is 0.303. The number of benzene rings is 2. The summed E-state index contributed by atoms with van der Waals surface area (Å²) >= 11 is 0. The number of rotatable bonds is 15. The van der Waals surface area contributed by atoms with Crippen LogP contribution in [-0.4, -0.2) is 64.9 Å². The first-order chi connectivity index (χ1) is 22.5. The summed E-state index contributed by atoms with van der Waals surface area (Å²) in [5.41, 5.74) is 12.0. The molecule has 47 heavy (non-hydrogen) atoms. The molecule has 3 aromatic rings. The molecule has 14 heteroatoms. The van der Waals surface area contributed by atoms with E-state index in [0.717, 1.165) is 17.1 Å². The van der Waals surface area contributed by atoms with E-state index in [1.807, 2.05) is 36.4 Å². The number of hydrogen-bond acceptors (Lipinski definition) is 11. The van der Waals surface area contributed by atoms with E-state index in [4.69, 9.17) is 25.7 Å². The molecule has 0 aliphatic rings. The summed E-state index contributed by atoms with van der Waals surface area (Å²) in [5.74, 6) is -0.818. The molecule has 0 spiro atoms. The summed E-state index contributed by atoms with van der Waals surface area (Å²) < 4.78 is 17.5. The average molecular weight is 665 g/mol. The molecule has 2 aromatic carbocycles. The Morgan fingerprint density at radius 2 is 1.53 bits per heavy atom. The number of nitrogens with one attached hydrogen (secondary N) is 2. The summed E-state index contributed by atoms with van der Waals surface area (Å²) in [6.07, 6.45) is 5.40. The van der Waals surface area contributed by atoms with Crippen LogP contribution < -0.4 is 32.4 Å². The van der Waals surface area contributed by atoms with Crippen molar-refractivity contribution >= 4 is 37.6 Å². The lowest BCUT2D eigenvalue weighted by molar-refractivity contribution is -0.152. The number of amides is 1. The molecule has 250 valence electrons. The van der Waals surface area contributed by atoms with Gasteiger partial charge in [0, 0.05) is 6.20 Å². The van der Waals surface area contributed by atoms with Crippen LogP contribution in [0.5, 0.6) is 5.75 Å². The number of nitrogens with zero attached hydrogens (tertiary/aromatic N) is 2. The number of H-pyrrole nitrogens is 1. The van der Waals surface area contributed by atoms with Crippen LogP contribution in [0, 0.1) is 0 Å². The molecule has 13 nitrogen and oxygen atoms in total. The van der Waals surface area contributed by atoms with E-state index in [9.17, 15) is 19.2 Å². The third-order valence-electron chi connectivity index (χ3n) is 7.02. The van der Waals surface area contributed by atoms with E-state index in [-0.39, 0.29) is 39.0 Å². The summed E-state index contributed by atoms with van der Waals surface area (Å²) in [5, 5.41) is 3.76. The fourth-order valence-corrected chi connectivity index (χ4v) is 5.70. The molecule has 0 aliphatic heterocycles. The average Bonchev–Trinajstić information content (AvgIpc) is 3.08. The van der Waals surface area contributed by atoms with Gasteiger partial charge in [-0.05, 0) is 83.3 Å². The Hall–Kier alpha value is -5.00. The van der Waals surface area contributed by atoms with Crippen molar-refractivity contribution in [2.75, 3.05) is 20.3 Å². The number of allylic oxidation sites excluding steroid dienone is 2. The van der Waals surface area contributed by atoms with Crippen LogP contribution in [0.15, 0.2) is 77.9 Å². The van der Waals surface area contributed by atoms with E-state index in [1.54, 1.807) is 51.6 Å². The Balaban J connectivity index is 1.94. The molecule has 1 heterocycles. The molecular formula is C33H41N6O7P. The van der Waals surface area contributed by atoms with Crippen molar-refractivity contribution < 1.29 is 28.6 Å². The van der Waals surface area contributed by atoms with E-state index < -0.39 is 41.5 Å². The monoisotopic (exact) mass is 664 g/mol. The van der Waals surface area contributed by atoms with Crippen LogP contribution in [0.25, 0.3) is 5.70 Å². The second-order valence-electron chi connectivity index (χ2n) is 10.2. The molecule has 0 radical (unpaired) electrons. The Bertz CT molecular complexity index is 1620. The number of carbonyl (C=O) groups excluding carboxylic acids is 3. The maximum absolute atomic E-state index is 13.4. The topological polar surface area (TPSA) is 192 Å². The number of ether oxygens (including phenoxy) is 3. The summed E-state index contributed by atoms with van der Waals surface area (Å²) in [6, 6.07) is 12.4. The lowest BCUT2D eigenvalue weighted by atomic mass is 9.98. The maximum atomic E-state index is 13.4. The Morgan fingerprint density at radius 1 is 0.979 bits per heavy atom. The molecule has 0 bridgehead atoms. The third-order valence-corrected chi connectivity index (χ3v) is 8.65. The summed E-state index contributed by atoms with van der Waals surface area (Å²) in [4.78, 5) is 58.2. The van der Waals surface area contributed by atoms with Gasteiger partial charge in [0.05, 0.1) is 32.1 Å². The number of aromatic amines is 1. The number of nitrogens with two attached hydrogens (primary N) is 2. The smallest absolute Gasteiger partial charge is 0.323 e. The lowest BCUT2D eigenvalue weighted by Gasteiger charge is -2.31. The Labute approximate surface area is 275 Å². The minimum absolute atomic E-state index is 0.0787. The van der Waals surface area contributed by atoms with Crippen molar-refractivity contribution in [2.45, 2.75) is 45.8 Å². The second kappa shape index (κ2) is 17.6. The lowest BCUT2D eigenvalue weighted by Crippen LogP contribution is -2.45. The van der Waals surface area contributed by atoms with Crippen LogP contribution in [0.1, 0.15) is 61.0 Å². The molecule has 4 atom stereocenters. The molecule has 1 aromatic heterocycles. The first-order valence-electron chi connectivity index (χ1n) is 14.9. The van der Waals surface area contributed by atoms with E-state index in [2.05, 4.69) is 15.3 Å². The van der Waals surface area contributed by atoms with Gasteiger partial charge < -0.3 is 36.0 Å². The van der Waals surface area contributed by atoms with Crippen molar-refractivity contribution in [1.82, 2.24) is 20.0 Å². The zero-order valence-electron chi connectivity index (χ0n) is 27.0. The highest BCUT2D eigenvalue weighted by Gasteiger charge is 2.32. The molecule has 4 unspecified atom stereocenters. The number of esters is 2. The van der Waals surface area contributed by atoms with Gasteiger partial charge >= 0.3 is 11.9 Å². The quantitative estimate of drug-likeness (QED) is 0.106. The minimum Gasteiger partial charge on any atom is -0.497 e.